The van der Waals surface area contributed by atoms with Crippen molar-refractivity contribution in [3.63, 3.8) is 0 Å². The molecule has 0 atom stereocenters. The van der Waals surface area contributed by atoms with Crippen molar-refractivity contribution in [3.8, 4) is 0 Å². The van der Waals surface area contributed by atoms with Crippen molar-refractivity contribution >= 4 is 18.1 Å². The van der Waals surface area contributed by atoms with E-state index in [0.717, 1.165) is 31.5 Å². The van der Waals surface area contributed by atoms with Gasteiger partial charge in [0, 0.05) is 24.4 Å². The van der Waals surface area contributed by atoms with E-state index in [0.29, 0.717) is 17.4 Å². The summed E-state index contributed by atoms with van der Waals surface area (Å²) in [7, 11) is 0. The number of hydrogen-bond donors (Lipinski definition) is 2. The van der Waals surface area contributed by atoms with E-state index in [9.17, 15) is 4.79 Å². The van der Waals surface area contributed by atoms with Gasteiger partial charge in [-0.2, -0.15) is 5.10 Å². The Morgan fingerprint density at radius 2 is 2.30 bits per heavy atom. The standard InChI is InChI=1S/C14H22N4OS/c1-2-14(7-3-8-14)12(19)15-9-6-11-16-17-13(20)18(11)10-4-5-10/h10H,2-9H2,1H3,(H,15,19)(H,17,20). The third-order valence-electron chi connectivity index (χ3n) is 4.79. The monoisotopic (exact) mass is 294 g/mol. The lowest BCUT2D eigenvalue weighted by Crippen LogP contribution is -2.45. The van der Waals surface area contributed by atoms with Crippen molar-refractivity contribution in [2.24, 2.45) is 5.41 Å². The molecule has 1 aromatic rings. The van der Waals surface area contributed by atoms with Gasteiger partial charge < -0.3 is 9.88 Å². The maximum Gasteiger partial charge on any atom is 0.226 e. The topological polar surface area (TPSA) is 62.7 Å². The van der Waals surface area contributed by atoms with Crippen molar-refractivity contribution in [3.05, 3.63) is 10.6 Å². The van der Waals surface area contributed by atoms with Crippen LogP contribution in [0.5, 0.6) is 0 Å². The van der Waals surface area contributed by atoms with Crippen molar-refractivity contribution < 1.29 is 4.79 Å². The molecule has 0 aromatic carbocycles. The molecule has 0 radical (unpaired) electrons. The third-order valence-corrected chi connectivity index (χ3v) is 5.08. The summed E-state index contributed by atoms with van der Waals surface area (Å²) in [5.41, 5.74) is -0.0821. The molecule has 2 saturated carbocycles. The number of H-pyrrole nitrogens is 1. The van der Waals surface area contributed by atoms with Gasteiger partial charge in [-0.1, -0.05) is 13.3 Å². The number of nitrogens with one attached hydrogen (secondary N) is 2. The second-order valence-corrected chi connectivity index (χ2v) is 6.43. The van der Waals surface area contributed by atoms with Gasteiger partial charge in [-0.15, -0.1) is 0 Å². The minimum absolute atomic E-state index is 0.0821. The van der Waals surface area contributed by atoms with Crippen LogP contribution < -0.4 is 5.32 Å². The van der Waals surface area contributed by atoms with Crippen molar-refractivity contribution in [1.29, 1.82) is 0 Å². The third kappa shape index (κ3) is 2.41. The van der Waals surface area contributed by atoms with E-state index in [1.54, 1.807) is 0 Å². The lowest BCUT2D eigenvalue weighted by Gasteiger charge is -2.39. The number of aromatic amines is 1. The predicted octanol–water partition coefficient (Wildman–Crippen LogP) is 2.51. The number of nitrogens with zero attached hydrogens (tertiary/aromatic N) is 2. The van der Waals surface area contributed by atoms with E-state index in [1.807, 2.05) is 0 Å². The zero-order chi connectivity index (χ0) is 14.2. The van der Waals surface area contributed by atoms with Gasteiger partial charge in [0.25, 0.3) is 0 Å². The van der Waals surface area contributed by atoms with Gasteiger partial charge in [0.05, 0.1) is 0 Å². The van der Waals surface area contributed by atoms with Gasteiger partial charge in [0.2, 0.25) is 5.91 Å². The fourth-order valence-electron chi connectivity index (χ4n) is 3.04. The summed E-state index contributed by atoms with van der Waals surface area (Å²) in [6.45, 7) is 2.75. The fraction of sp³-hybridized carbons (Fsp3) is 0.786. The highest BCUT2D eigenvalue weighted by Crippen LogP contribution is 2.43. The lowest BCUT2D eigenvalue weighted by molar-refractivity contribution is -0.136. The first kappa shape index (κ1) is 13.8. The minimum atomic E-state index is -0.0821. The molecule has 1 heterocycles. The molecule has 0 spiro atoms. The Balaban J connectivity index is 1.55. The average molecular weight is 294 g/mol. The van der Waals surface area contributed by atoms with Crippen LogP contribution in [-0.4, -0.2) is 27.2 Å². The largest absolute Gasteiger partial charge is 0.355 e. The first-order valence-electron chi connectivity index (χ1n) is 7.60. The van der Waals surface area contributed by atoms with Gasteiger partial charge in [0.1, 0.15) is 5.82 Å². The summed E-state index contributed by atoms with van der Waals surface area (Å²) in [6.07, 6.45) is 7.32. The Morgan fingerprint density at radius 3 is 2.85 bits per heavy atom. The van der Waals surface area contributed by atoms with E-state index >= 15 is 0 Å². The Hall–Kier alpha value is -1.17. The zero-order valence-electron chi connectivity index (χ0n) is 11.9. The Bertz CT molecular complexity index is 548. The second-order valence-electron chi connectivity index (χ2n) is 6.04. The second kappa shape index (κ2) is 5.31. The smallest absolute Gasteiger partial charge is 0.226 e. The quantitative estimate of drug-likeness (QED) is 0.792. The number of carbonyl (C=O) groups is 1. The van der Waals surface area contributed by atoms with Crippen LogP contribution in [-0.2, 0) is 11.2 Å². The van der Waals surface area contributed by atoms with Crippen LogP contribution >= 0.6 is 12.2 Å². The van der Waals surface area contributed by atoms with Gasteiger partial charge in [0.15, 0.2) is 4.77 Å². The highest BCUT2D eigenvalue weighted by molar-refractivity contribution is 7.71. The van der Waals surface area contributed by atoms with Crippen molar-refractivity contribution in [2.75, 3.05) is 6.54 Å². The van der Waals surface area contributed by atoms with E-state index in [2.05, 4.69) is 27.0 Å². The highest BCUT2D eigenvalue weighted by Gasteiger charge is 2.42. The highest BCUT2D eigenvalue weighted by atomic mass is 32.1. The first-order chi connectivity index (χ1) is 9.66. The summed E-state index contributed by atoms with van der Waals surface area (Å²) in [4.78, 5) is 12.2. The van der Waals surface area contributed by atoms with Crippen molar-refractivity contribution in [1.82, 2.24) is 20.1 Å². The van der Waals surface area contributed by atoms with Crippen LogP contribution in [0.3, 0.4) is 0 Å². The van der Waals surface area contributed by atoms with Crippen LogP contribution in [0.2, 0.25) is 0 Å². The Morgan fingerprint density at radius 1 is 1.55 bits per heavy atom. The summed E-state index contributed by atoms with van der Waals surface area (Å²) in [5.74, 6) is 1.19. The molecule has 20 heavy (non-hydrogen) atoms. The van der Waals surface area contributed by atoms with Crippen LogP contribution in [0.4, 0.5) is 0 Å². The van der Waals surface area contributed by atoms with Gasteiger partial charge in [-0.3, -0.25) is 9.89 Å². The molecule has 3 rings (SSSR count). The molecule has 0 unspecified atom stereocenters. The number of hydrogen-bond acceptors (Lipinski definition) is 3. The molecule has 0 saturated heterocycles. The van der Waals surface area contributed by atoms with Gasteiger partial charge >= 0.3 is 0 Å². The summed E-state index contributed by atoms with van der Waals surface area (Å²) >= 11 is 5.25. The van der Waals surface area contributed by atoms with Crippen LogP contribution in [0, 0.1) is 10.2 Å². The number of carbonyl (C=O) groups excluding carboxylic acids is 1. The number of amides is 1. The molecular weight excluding hydrogens is 272 g/mol. The van der Waals surface area contributed by atoms with E-state index in [-0.39, 0.29) is 11.3 Å². The van der Waals surface area contributed by atoms with Crippen molar-refractivity contribution in [2.45, 2.75) is 57.9 Å². The van der Waals surface area contributed by atoms with Crippen LogP contribution in [0.1, 0.15) is 57.3 Å². The molecule has 0 bridgehead atoms. The Kier molecular flexibility index (Phi) is 3.67. The summed E-state index contributed by atoms with van der Waals surface area (Å²) in [5, 5.41) is 10.2. The first-order valence-corrected chi connectivity index (χ1v) is 8.01. The van der Waals surface area contributed by atoms with E-state index < -0.39 is 0 Å². The molecule has 2 aliphatic carbocycles. The molecule has 2 N–H and O–H groups in total. The Labute approximate surface area is 124 Å². The molecule has 0 aliphatic heterocycles. The predicted molar refractivity (Wildman–Crippen MR) is 79.0 cm³/mol. The normalized spacial score (nSPS) is 20.4. The molecule has 110 valence electrons. The number of aromatic nitrogens is 3. The fourth-order valence-corrected chi connectivity index (χ4v) is 3.34. The minimum Gasteiger partial charge on any atom is -0.355 e. The molecule has 1 aromatic heterocycles. The molecule has 6 heteroatoms. The maximum atomic E-state index is 12.2. The maximum absolute atomic E-state index is 12.2. The summed E-state index contributed by atoms with van der Waals surface area (Å²) < 4.78 is 2.82. The molecule has 2 aliphatic rings. The molecular formula is C14H22N4OS. The van der Waals surface area contributed by atoms with E-state index in [4.69, 9.17) is 12.2 Å². The van der Waals surface area contributed by atoms with Gasteiger partial charge in [-0.05, 0) is 44.3 Å². The molecule has 1 amide bonds. The van der Waals surface area contributed by atoms with Gasteiger partial charge in [-0.25, -0.2) is 0 Å². The molecule has 5 nitrogen and oxygen atoms in total. The summed E-state index contributed by atoms with van der Waals surface area (Å²) in [6, 6.07) is 0.528. The zero-order valence-corrected chi connectivity index (χ0v) is 12.8. The number of rotatable bonds is 6. The molecule has 2 fully saturated rings. The van der Waals surface area contributed by atoms with Crippen LogP contribution in [0.15, 0.2) is 0 Å². The van der Waals surface area contributed by atoms with E-state index in [1.165, 1.54) is 19.3 Å². The van der Waals surface area contributed by atoms with Crippen LogP contribution in [0.25, 0.3) is 0 Å². The SMILES string of the molecule is CCC1(C(=O)NCCc2n[nH]c(=S)n2C2CC2)CCC1. The lowest BCUT2D eigenvalue weighted by atomic mass is 9.66. The average Bonchev–Trinajstić information content (AvgIpc) is 3.14.